The van der Waals surface area contributed by atoms with E-state index in [0.717, 1.165) is 0 Å². The number of aliphatic hydroxyl groups is 2. The molecule has 0 saturated carbocycles. The number of hydrogen-bond acceptors (Lipinski definition) is 4. The molecule has 0 fully saturated rings. The van der Waals surface area contributed by atoms with Gasteiger partial charge in [-0.3, -0.25) is 0 Å². The van der Waals surface area contributed by atoms with Gasteiger partial charge in [0, 0.05) is 0 Å². The quantitative estimate of drug-likeness (QED) is 0.294. The number of aliphatic hydroxyl groups excluding tert-OH is 2. The zero-order valence-corrected chi connectivity index (χ0v) is 6.95. The molecule has 0 aromatic rings. The Hall–Kier alpha value is 0.437. The zero-order valence-electron chi connectivity index (χ0n) is 7.95. The summed E-state index contributed by atoms with van der Waals surface area (Å²) in [5.74, 6) is 0. The average Bonchev–Trinajstić information content (AvgIpc) is 1.97. The molecule has 5 heteroatoms. The molecule has 2 N–H and O–H groups in total. The molecule has 4 nitrogen and oxygen atoms in total. The van der Waals surface area contributed by atoms with Crippen molar-refractivity contribution in [1.29, 1.82) is 0 Å². The smallest absolute Gasteiger partial charge is 1.00 e. The van der Waals surface area contributed by atoms with Crippen LogP contribution in [0.2, 0.25) is 0 Å². The largest absolute Gasteiger partial charge is 1.00 e. The summed E-state index contributed by atoms with van der Waals surface area (Å²) >= 11 is 0. The molecule has 0 aliphatic carbocycles. The third-order valence-electron chi connectivity index (χ3n) is 0.843. The van der Waals surface area contributed by atoms with Crippen LogP contribution in [-0.4, -0.2) is 49.9 Å². The van der Waals surface area contributed by atoms with E-state index in [2.05, 4.69) is 0 Å². The summed E-state index contributed by atoms with van der Waals surface area (Å²) in [7, 11) is 0. The molecule has 11 heavy (non-hydrogen) atoms. The van der Waals surface area contributed by atoms with E-state index < -0.39 is 0 Å². The molecule has 0 amide bonds. The Kier molecular flexibility index (Phi) is 16.6. The molecule has 0 aromatic heterocycles. The predicted octanol–water partition coefficient (Wildman–Crippen LogP) is -3.88. The Morgan fingerprint density at radius 1 is 0.818 bits per heavy atom. The van der Waals surface area contributed by atoms with E-state index in [0.29, 0.717) is 26.4 Å². The SMILES string of the molecule is OCCOCCOCCO.[H-].[Li+]. The molecule has 0 atom stereocenters. The minimum absolute atomic E-state index is 0. The van der Waals surface area contributed by atoms with E-state index >= 15 is 0 Å². The van der Waals surface area contributed by atoms with Crippen molar-refractivity contribution in [2.45, 2.75) is 0 Å². The van der Waals surface area contributed by atoms with Crippen LogP contribution in [0.4, 0.5) is 0 Å². The predicted molar refractivity (Wildman–Crippen MR) is 36.9 cm³/mol. The summed E-state index contributed by atoms with van der Waals surface area (Å²) in [6, 6.07) is 0. The van der Waals surface area contributed by atoms with E-state index in [-0.39, 0.29) is 33.5 Å². The minimum atomic E-state index is 0. The molecule has 0 saturated heterocycles. The molecule has 0 radical (unpaired) electrons. The fraction of sp³-hybridized carbons (Fsp3) is 1.00. The molecule has 0 bridgehead atoms. The fourth-order valence-electron chi connectivity index (χ4n) is 0.451. The standard InChI is InChI=1S/C6H14O4.Li.H/c7-1-3-9-5-6-10-4-2-8;;/h7-8H,1-6H2;;/q;+1;-1. The van der Waals surface area contributed by atoms with Crippen molar-refractivity contribution in [1.82, 2.24) is 0 Å². The normalized spacial score (nSPS) is 9.27. The maximum Gasteiger partial charge on any atom is 1.00 e. The molecule has 0 unspecified atom stereocenters. The summed E-state index contributed by atoms with van der Waals surface area (Å²) < 4.78 is 9.75. The third-order valence-corrected chi connectivity index (χ3v) is 0.843. The Balaban J connectivity index is -0.000000405. The fourth-order valence-corrected chi connectivity index (χ4v) is 0.451. The first-order valence-corrected chi connectivity index (χ1v) is 3.29. The first-order valence-electron chi connectivity index (χ1n) is 3.29. The van der Waals surface area contributed by atoms with Gasteiger partial charge in [-0.2, -0.15) is 0 Å². The van der Waals surface area contributed by atoms with Gasteiger partial charge in [-0.15, -0.1) is 0 Å². The second-order valence-electron chi connectivity index (χ2n) is 1.67. The second kappa shape index (κ2) is 13.1. The van der Waals surface area contributed by atoms with Crippen LogP contribution in [0, 0.1) is 0 Å². The molecule has 0 aliphatic rings. The van der Waals surface area contributed by atoms with Crippen LogP contribution in [0.5, 0.6) is 0 Å². The monoisotopic (exact) mass is 158 g/mol. The Bertz CT molecular complexity index is 59.5. The number of rotatable bonds is 7. The van der Waals surface area contributed by atoms with Crippen LogP contribution in [0.15, 0.2) is 0 Å². The molecule has 0 aromatic carbocycles. The molecule has 0 aliphatic heterocycles. The molecule has 0 heterocycles. The van der Waals surface area contributed by atoms with E-state index in [1.165, 1.54) is 0 Å². The summed E-state index contributed by atoms with van der Waals surface area (Å²) in [5, 5.41) is 16.5. The van der Waals surface area contributed by atoms with Crippen molar-refractivity contribution in [3.05, 3.63) is 0 Å². The Morgan fingerprint density at radius 3 is 1.45 bits per heavy atom. The van der Waals surface area contributed by atoms with Gasteiger partial charge in [0.05, 0.1) is 39.6 Å². The first kappa shape index (κ1) is 14.0. The van der Waals surface area contributed by atoms with E-state index in [1.54, 1.807) is 0 Å². The van der Waals surface area contributed by atoms with Crippen LogP contribution in [0.1, 0.15) is 1.43 Å². The van der Waals surface area contributed by atoms with Gasteiger partial charge in [0.25, 0.3) is 0 Å². The molecule has 64 valence electrons. The minimum Gasteiger partial charge on any atom is -1.00 e. The Morgan fingerprint density at radius 2 is 1.18 bits per heavy atom. The number of ether oxygens (including phenoxy) is 2. The molecule has 0 spiro atoms. The average molecular weight is 158 g/mol. The van der Waals surface area contributed by atoms with Crippen molar-refractivity contribution in [2.24, 2.45) is 0 Å². The van der Waals surface area contributed by atoms with E-state index in [4.69, 9.17) is 19.7 Å². The van der Waals surface area contributed by atoms with Gasteiger partial charge in [-0.1, -0.05) is 0 Å². The van der Waals surface area contributed by atoms with Crippen molar-refractivity contribution in [3.63, 3.8) is 0 Å². The van der Waals surface area contributed by atoms with Crippen LogP contribution in [0.25, 0.3) is 0 Å². The second-order valence-corrected chi connectivity index (χ2v) is 1.67. The van der Waals surface area contributed by atoms with Crippen LogP contribution >= 0.6 is 0 Å². The van der Waals surface area contributed by atoms with E-state index in [9.17, 15) is 0 Å². The summed E-state index contributed by atoms with van der Waals surface area (Å²) in [6.45, 7) is 1.73. The maximum absolute atomic E-state index is 8.26. The van der Waals surface area contributed by atoms with Gasteiger partial charge < -0.3 is 21.1 Å². The van der Waals surface area contributed by atoms with Gasteiger partial charge in [0.2, 0.25) is 0 Å². The van der Waals surface area contributed by atoms with Gasteiger partial charge >= 0.3 is 18.9 Å². The van der Waals surface area contributed by atoms with Crippen molar-refractivity contribution < 1.29 is 40.0 Å². The van der Waals surface area contributed by atoms with Crippen LogP contribution in [-0.2, 0) is 9.47 Å². The van der Waals surface area contributed by atoms with Gasteiger partial charge in [-0.05, 0) is 0 Å². The molecular weight excluding hydrogens is 143 g/mol. The van der Waals surface area contributed by atoms with Crippen molar-refractivity contribution in [2.75, 3.05) is 39.6 Å². The Labute approximate surface area is 80.2 Å². The summed E-state index contributed by atoms with van der Waals surface area (Å²) in [4.78, 5) is 0. The third kappa shape index (κ3) is 13.4. The van der Waals surface area contributed by atoms with Gasteiger partial charge in [0.15, 0.2) is 0 Å². The summed E-state index contributed by atoms with van der Waals surface area (Å²) in [5.41, 5.74) is 0. The molecule has 0 rings (SSSR count). The maximum atomic E-state index is 8.26. The van der Waals surface area contributed by atoms with Gasteiger partial charge in [-0.25, -0.2) is 0 Å². The topological polar surface area (TPSA) is 58.9 Å². The zero-order chi connectivity index (χ0) is 7.66. The first-order chi connectivity index (χ1) is 4.91. The van der Waals surface area contributed by atoms with Crippen LogP contribution < -0.4 is 18.9 Å². The van der Waals surface area contributed by atoms with Crippen molar-refractivity contribution >= 4 is 0 Å². The summed E-state index contributed by atoms with van der Waals surface area (Å²) in [6.07, 6.45) is 0. The van der Waals surface area contributed by atoms with Gasteiger partial charge in [0.1, 0.15) is 0 Å². The van der Waals surface area contributed by atoms with E-state index in [1.807, 2.05) is 0 Å². The van der Waals surface area contributed by atoms with Crippen molar-refractivity contribution in [3.8, 4) is 0 Å². The van der Waals surface area contributed by atoms with Crippen LogP contribution in [0.3, 0.4) is 0 Å². The molecular formula is C6H15LiO4. The number of hydrogen-bond donors (Lipinski definition) is 2.